The highest BCUT2D eigenvalue weighted by atomic mass is 32.1. The summed E-state index contributed by atoms with van der Waals surface area (Å²) < 4.78 is 14.2. The predicted octanol–water partition coefficient (Wildman–Crippen LogP) is 2.52. The summed E-state index contributed by atoms with van der Waals surface area (Å²) >= 11 is 1.40. The molecule has 0 radical (unpaired) electrons. The van der Waals surface area contributed by atoms with Crippen LogP contribution in [0.15, 0.2) is 18.5 Å². The van der Waals surface area contributed by atoms with Crippen molar-refractivity contribution in [3.8, 4) is 0 Å². The van der Waals surface area contributed by atoms with E-state index >= 15 is 0 Å². The number of fused-ring (bicyclic) bond motifs is 1. The van der Waals surface area contributed by atoms with E-state index in [-0.39, 0.29) is 17.9 Å². The van der Waals surface area contributed by atoms with Crippen LogP contribution in [0.4, 0.5) is 10.3 Å². The van der Waals surface area contributed by atoms with E-state index in [1.54, 1.807) is 11.1 Å². The van der Waals surface area contributed by atoms with Crippen molar-refractivity contribution in [2.75, 3.05) is 25.0 Å². The maximum absolute atomic E-state index is 13.5. The van der Waals surface area contributed by atoms with Gasteiger partial charge in [-0.1, -0.05) is 0 Å². The fraction of sp³-hybridized carbons (Fsp3) is 0.421. The average molecular weight is 415 g/mol. The Morgan fingerprint density at radius 2 is 2.24 bits per heavy atom. The molecular weight excluding hydrogens is 393 g/mol. The van der Waals surface area contributed by atoms with Crippen molar-refractivity contribution < 1.29 is 9.18 Å². The van der Waals surface area contributed by atoms with E-state index in [1.807, 2.05) is 13.8 Å². The van der Waals surface area contributed by atoms with Gasteiger partial charge in [-0.05, 0) is 44.4 Å². The second kappa shape index (κ2) is 7.96. The lowest BCUT2D eigenvalue weighted by Gasteiger charge is -2.18. The number of rotatable bonds is 5. The molecule has 1 fully saturated rings. The number of carbonyl (C=O) groups is 1. The molecule has 3 aromatic heterocycles. The first-order valence-electron chi connectivity index (χ1n) is 9.46. The molecule has 3 aromatic rings. The van der Waals surface area contributed by atoms with Gasteiger partial charge >= 0.3 is 0 Å². The summed E-state index contributed by atoms with van der Waals surface area (Å²) in [6.45, 7) is 5.58. The summed E-state index contributed by atoms with van der Waals surface area (Å²) in [7, 11) is 0. The first-order chi connectivity index (χ1) is 13.9. The number of aryl methyl sites for hydroxylation is 1. The van der Waals surface area contributed by atoms with Crippen molar-refractivity contribution in [3.63, 3.8) is 0 Å². The number of nitrogens with one attached hydrogen (secondary N) is 1. The zero-order chi connectivity index (χ0) is 20.5. The van der Waals surface area contributed by atoms with Gasteiger partial charge in [0.1, 0.15) is 10.5 Å². The molecule has 2 atom stereocenters. The van der Waals surface area contributed by atoms with Gasteiger partial charge < -0.3 is 16.0 Å². The van der Waals surface area contributed by atoms with E-state index in [0.717, 1.165) is 17.6 Å². The first-order valence-corrected chi connectivity index (χ1v) is 10.3. The molecule has 1 aliphatic rings. The molecule has 0 spiro atoms. The molecule has 0 saturated carbocycles. The number of nitrogens with zero attached hydrogens (tertiary/aromatic N) is 5. The van der Waals surface area contributed by atoms with Crippen LogP contribution in [0.3, 0.4) is 0 Å². The largest absolute Gasteiger partial charge is 0.348 e. The maximum atomic E-state index is 13.5. The molecule has 0 bridgehead atoms. The highest BCUT2D eigenvalue weighted by Crippen LogP contribution is 2.28. The second-order valence-electron chi connectivity index (χ2n) is 7.23. The number of halogens is 1. The van der Waals surface area contributed by atoms with Gasteiger partial charge in [0.25, 0.3) is 5.91 Å². The molecule has 10 heteroatoms. The Balaban J connectivity index is 1.66. The number of pyridine rings is 1. The molecule has 1 aliphatic heterocycles. The molecule has 8 nitrogen and oxygen atoms in total. The van der Waals surface area contributed by atoms with Crippen LogP contribution in [0, 0.1) is 18.7 Å². The third-order valence-corrected chi connectivity index (χ3v) is 6.01. The van der Waals surface area contributed by atoms with Crippen molar-refractivity contribution in [1.82, 2.24) is 24.8 Å². The van der Waals surface area contributed by atoms with Crippen molar-refractivity contribution in [2.45, 2.75) is 26.3 Å². The Hall–Kier alpha value is -2.72. The summed E-state index contributed by atoms with van der Waals surface area (Å²) in [5.74, 6) is 0.0391. The standard InChI is InChI=1S/C19H22FN7OS/c1-10(13-5-14(20)8-22-7-13)23-19-25-15(16-17(26-19)24-11(2)29-16)18(28)27-4-3-12(6-21)9-27/h5,7-8,10,12H,3-4,6,9,21H2,1-2H3,(H,23,25,26)/t10-,12-/m0/s1. The maximum Gasteiger partial charge on any atom is 0.274 e. The molecule has 4 rings (SSSR count). The fourth-order valence-corrected chi connectivity index (χ4v) is 4.28. The van der Waals surface area contributed by atoms with Crippen molar-refractivity contribution in [3.05, 3.63) is 40.5 Å². The molecule has 1 saturated heterocycles. The fourth-order valence-electron chi connectivity index (χ4n) is 3.44. The van der Waals surface area contributed by atoms with Gasteiger partial charge in [-0.25, -0.2) is 14.4 Å². The monoisotopic (exact) mass is 415 g/mol. The van der Waals surface area contributed by atoms with E-state index in [1.165, 1.54) is 17.4 Å². The quantitative estimate of drug-likeness (QED) is 0.659. The minimum Gasteiger partial charge on any atom is -0.348 e. The lowest BCUT2D eigenvalue weighted by molar-refractivity contribution is 0.0784. The number of thiazole rings is 1. The first kappa shape index (κ1) is 19.6. The molecule has 0 aliphatic carbocycles. The summed E-state index contributed by atoms with van der Waals surface area (Å²) in [4.78, 5) is 32.2. The summed E-state index contributed by atoms with van der Waals surface area (Å²) in [5, 5.41) is 3.95. The van der Waals surface area contributed by atoms with Crippen LogP contribution in [-0.2, 0) is 0 Å². The molecule has 4 heterocycles. The van der Waals surface area contributed by atoms with Crippen molar-refractivity contribution in [2.24, 2.45) is 11.7 Å². The number of likely N-dealkylation sites (tertiary alicyclic amines) is 1. The molecule has 0 aromatic carbocycles. The molecule has 0 unspecified atom stereocenters. The summed E-state index contributed by atoms with van der Waals surface area (Å²) in [6, 6.07) is 1.10. The zero-order valence-corrected chi connectivity index (χ0v) is 17.0. The lowest BCUT2D eigenvalue weighted by Crippen LogP contribution is -2.31. The summed E-state index contributed by atoms with van der Waals surface area (Å²) in [6.07, 6.45) is 3.63. The second-order valence-corrected chi connectivity index (χ2v) is 8.43. The highest BCUT2D eigenvalue weighted by Gasteiger charge is 2.29. The van der Waals surface area contributed by atoms with Crippen LogP contribution in [0.1, 0.15) is 40.4 Å². The third-order valence-electron chi connectivity index (χ3n) is 5.04. The normalized spacial score (nSPS) is 17.7. The third kappa shape index (κ3) is 4.03. The number of hydrogen-bond acceptors (Lipinski definition) is 8. The molecule has 152 valence electrons. The van der Waals surface area contributed by atoms with Gasteiger partial charge in [0.2, 0.25) is 5.95 Å². The Bertz CT molecular complexity index is 1060. The summed E-state index contributed by atoms with van der Waals surface area (Å²) in [5.41, 5.74) is 7.23. The Morgan fingerprint density at radius 3 is 2.97 bits per heavy atom. The van der Waals surface area contributed by atoms with E-state index in [9.17, 15) is 9.18 Å². The minimum absolute atomic E-state index is 0.139. The molecule has 29 heavy (non-hydrogen) atoms. The van der Waals surface area contributed by atoms with Crippen molar-refractivity contribution in [1.29, 1.82) is 0 Å². The van der Waals surface area contributed by atoms with E-state index in [2.05, 4.69) is 25.3 Å². The molecular formula is C19H22FN7OS. The van der Waals surface area contributed by atoms with Crippen LogP contribution < -0.4 is 11.1 Å². The Labute approximate surface area is 171 Å². The molecule has 3 N–H and O–H groups in total. The smallest absolute Gasteiger partial charge is 0.274 e. The number of anilines is 1. The van der Waals surface area contributed by atoms with E-state index in [4.69, 9.17) is 5.73 Å². The Morgan fingerprint density at radius 1 is 1.41 bits per heavy atom. The number of hydrogen-bond donors (Lipinski definition) is 2. The Kier molecular flexibility index (Phi) is 5.37. The minimum atomic E-state index is -0.415. The highest BCUT2D eigenvalue weighted by molar-refractivity contribution is 7.18. The molecule has 1 amide bonds. The van der Waals surface area contributed by atoms with Gasteiger partial charge in [-0.15, -0.1) is 11.3 Å². The lowest BCUT2D eigenvalue weighted by atomic mass is 10.1. The number of aromatic nitrogens is 4. The SMILES string of the molecule is Cc1nc2nc(N[C@@H](C)c3cncc(F)c3)nc(C(=O)N3CC[C@@H](CN)C3)c2s1. The number of amides is 1. The van der Waals surface area contributed by atoms with Gasteiger partial charge in [-0.3, -0.25) is 9.78 Å². The van der Waals surface area contributed by atoms with Gasteiger partial charge in [-0.2, -0.15) is 4.98 Å². The zero-order valence-electron chi connectivity index (χ0n) is 16.2. The van der Waals surface area contributed by atoms with Gasteiger partial charge in [0.05, 0.1) is 17.2 Å². The number of nitrogens with two attached hydrogens (primary N) is 1. The average Bonchev–Trinajstić information content (AvgIpc) is 3.32. The van der Waals surface area contributed by atoms with Crippen LogP contribution in [-0.4, -0.2) is 50.4 Å². The van der Waals surface area contributed by atoms with Gasteiger partial charge in [0, 0.05) is 19.3 Å². The van der Waals surface area contributed by atoms with E-state index in [0.29, 0.717) is 47.2 Å². The van der Waals surface area contributed by atoms with Crippen LogP contribution in [0.5, 0.6) is 0 Å². The topological polar surface area (TPSA) is 110 Å². The van der Waals surface area contributed by atoms with Crippen LogP contribution in [0.25, 0.3) is 10.3 Å². The predicted molar refractivity (Wildman–Crippen MR) is 109 cm³/mol. The van der Waals surface area contributed by atoms with Crippen LogP contribution >= 0.6 is 11.3 Å². The van der Waals surface area contributed by atoms with Crippen molar-refractivity contribution >= 4 is 33.5 Å². The van der Waals surface area contributed by atoms with Gasteiger partial charge in [0.15, 0.2) is 11.3 Å². The number of carbonyl (C=O) groups excluding carboxylic acids is 1. The van der Waals surface area contributed by atoms with Crippen LogP contribution in [0.2, 0.25) is 0 Å². The van der Waals surface area contributed by atoms with E-state index < -0.39 is 5.82 Å².